The van der Waals surface area contributed by atoms with E-state index in [1.165, 1.54) is 31.5 Å². The second-order valence-corrected chi connectivity index (χ2v) is 6.90. The summed E-state index contributed by atoms with van der Waals surface area (Å²) in [5.41, 5.74) is 6.48. The SMILES string of the molecule is CN(C)S(=O)(=O)NC(=O)c1ccc2nc(N)sc2c1. The predicted octanol–water partition coefficient (Wildman–Crippen LogP) is 0.415. The fraction of sp³-hybridized carbons (Fsp3) is 0.200. The minimum Gasteiger partial charge on any atom is -0.375 e. The third kappa shape index (κ3) is 2.83. The van der Waals surface area contributed by atoms with Crippen LogP contribution in [0.3, 0.4) is 0 Å². The van der Waals surface area contributed by atoms with Crippen molar-refractivity contribution in [2.45, 2.75) is 0 Å². The Labute approximate surface area is 114 Å². The van der Waals surface area contributed by atoms with E-state index in [1.807, 2.05) is 4.72 Å². The standard InChI is InChI=1S/C10H12N4O3S2/c1-14(2)19(16,17)13-9(15)6-3-4-7-8(5-6)18-10(11)12-7/h3-5H,1-2H3,(H2,11,12)(H,13,15). The summed E-state index contributed by atoms with van der Waals surface area (Å²) in [4.78, 5) is 15.9. The van der Waals surface area contributed by atoms with Crippen molar-refractivity contribution < 1.29 is 13.2 Å². The molecule has 19 heavy (non-hydrogen) atoms. The number of benzene rings is 1. The van der Waals surface area contributed by atoms with Crippen molar-refractivity contribution in [1.82, 2.24) is 14.0 Å². The van der Waals surface area contributed by atoms with Crippen LogP contribution in [0.25, 0.3) is 10.2 Å². The summed E-state index contributed by atoms with van der Waals surface area (Å²) >= 11 is 1.23. The fourth-order valence-electron chi connectivity index (χ4n) is 1.35. The quantitative estimate of drug-likeness (QED) is 0.854. The van der Waals surface area contributed by atoms with Crippen molar-refractivity contribution in [1.29, 1.82) is 0 Å². The van der Waals surface area contributed by atoms with Gasteiger partial charge in [0.15, 0.2) is 5.13 Å². The summed E-state index contributed by atoms with van der Waals surface area (Å²) in [6, 6.07) is 4.69. The lowest BCUT2D eigenvalue weighted by Crippen LogP contribution is -2.39. The number of anilines is 1. The third-order valence-corrected chi connectivity index (χ3v) is 4.62. The molecule has 0 atom stereocenters. The number of nitrogens with zero attached hydrogens (tertiary/aromatic N) is 2. The molecule has 0 unspecified atom stereocenters. The maximum atomic E-state index is 11.9. The van der Waals surface area contributed by atoms with Gasteiger partial charge in [-0.1, -0.05) is 11.3 Å². The zero-order chi connectivity index (χ0) is 14.2. The van der Waals surface area contributed by atoms with Gasteiger partial charge in [-0.25, -0.2) is 9.71 Å². The molecule has 0 spiro atoms. The van der Waals surface area contributed by atoms with E-state index in [-0.39, 0.29) is 5.56 Å². The summed E-state index contributed by atoms with van der Waals surface area (Å²) in [5.74, 6) is -0.692. The third-order valence-electron chi connectivity index (χ3n) is 2.37. The van der Waals surface area contributed by atoms with E-state index >= 15 is 0 Å². The molecular formula is C10H12N4O3S2. The number of rotatable bonds is 3. The Morgan fingerprint density at radius 2 is 2.11 bits per heavy atom. The number of fused-ring (bicyclic) bond motifs is 1. The van der Waals surface area contributed by atoms with Gasteiger partial charge in [0.25, 0.3) is 5.91 Å². The molecule has 0 aliphatic heterocycles. The number of nitrogens with one attached hydrogen (secondary N) is 1. The molecule has 102 valence electrons. The van der Waals surface area contributed by atoms with Gasteiger partial charge in [0.2, 0.25) is 0 Å². The average Bonchev–Trinajstić information content (AvgIpc) is 2.66. The summed E-state index contributed by atoms with van der Waals surface area (Å²) in [6.45, 7) is 0. The van der Waals surface area contributed by atoms with Crippen molar-refractivity contribution in [3.8, 4) is 0 Å². The smallest absolute Gasteiger partial charge is 0.303 e. The molecule has 0 aliphatic carbocycles. The van der Waals surface area contributed by atoms with Gasteiger partial charge in [-0.2, -0.15) is 12.7 Å². The largest absolute Gasteiger partial charge is 0.375 e. The lowest BCUT2D eigenvalue weighted by Gasteiger charge is -2.12. The molecule has 0 aliphatic rings. The number of hydrogen-bond donors (Lipinski definition) is 2. The number of thiazole rings is 1. The Hall–Kier alpha value is -1.71. The highest BCUT2D eigenvalue weighted by atomic mass is 32.2. The van der Waals surface area contributed by atoms with E-state index in [1.54, 1.807) is 12.1 Å². The molecule has 2 rings (SSSR count). The summed E-state index contributed by atoms with van der Waals surface area (Å²) in [5, 5.41) is 0.397. The van der Waals surface area contributed by atoms with Gasteiger partial charge in [0, 0.05) is 19.7 Å². The molecule has 3 N–H and O–H groups in total. The van der Waals surface area contributed by atoms with Gasteiger partial charge < -0.3 is 5.73 Å². The second kappa shape index (κ2) is 4.76. The lowest BCUT2D eigenvalue weighted by atomic mass is 10.2. The van der Waals surface area contributed by atoms with Crippen LogP contribution in [0.4, 0.5) is 5.13 Å². The van der Waals surface area contributed by atoms with Gasteiger partial charge in [-0.3, -0.25) is 4.79 Å². The van der Waals surface area contributed by atoms with Crippen molar-refractivity contribution >= 4 is 42.8 Å². The molecule has 1 heterocycles. The van der Waals surface area contributed by atoms with Crippen molar-refractivity contribution in [2.24, 2.45) is 0 Å². The molecule has 0 saturated heterocycles. The van der Waals surface area contributed by atoms with E-state index < -0.39 is 16.1 Å². The summed E-state index contributed by atoms with van der Waals surface area (Å²) < 4.78 is 26.7. The topological polar surface area (TPSA) is 105 Å². The Bertz CT molecular complexity index is 736. The number of aromatic nitrogens is 1. The van der Waals surface area contributed by atoms with Gasteiger partial charge in [0.1, 0.15) is 0 Å². The number of hydrogen-bond acceptors (Lipinski definition) is 6. The number of carbonyl (C=O) groups is 1. The van der Waals surface area contributed by atoms with Crippen LogP contribution in [0.1, 0.15) is 10.4 Å². The van der Waals surface area contributed by atoms with Crippen LogP contribution in [0.15, 0.2) is 18.2 Å². The van der Waals surface area contributed by atoms with Crippen LogP contribution in [-0.2, 0) is 10.2 Å². The Morgan fingerprint density at radius 3 is 2.74 bits per heavy atom. The zero-order valence-electron chi connectivity index (χ0n) is 10.2. The molecule has 7 nitrogen and oxygen atoms in total. The van der Waals surface area contributed by atoms with Crippen LogP contribution < -0.4 is 10.5 Å². The van der Waals surface area contributed by atoms with Gasteiger partial charge >= 0.3 is 10.2 Å². The monoisotopic (exact) mass is 300 g/mol. The molecule has 1 aromatic carbocycles. The highest BCUT2D eigenvalue weighted by molar-refractivity contribution is 7.87. The summed E-state index contributed by atoms with van der Waals surface area (Å²) in [6.07, 6.45) is 0. The Balaban J connectivity index is 2.31. The van der Waals surface area contributed by atoms with Crippen LogP contribution >= 0.6 is 11.3 Å². The molecule has 1 amide bonds. The number of amides is 1. The maximum absolute atomic E-state index is 11.9. The van der Waals surface area contributed by atoms with Crippen LogP contribution in [-0.4, -0.2) is 37.7 Å². The van der Waals surface area contributed by atoms with E-state index in [0.717, 1.165) is 9.01 Å². The van der Waals surface area contributed by atoms with Gasteiger partial charge in [-0.15, -0.1) is 0 Å². The zero-order valence-corrected chi connectivity index (χ0v) is 11.9. The Morgan fingerprint density at radius 1 is 1.42 bits per heavy atom. The van der Waals surface area contributed by atoms with Crippen molar-refractivity contribution in [3.63, 3.8) is 0 Å². The van der Waals surface area contributed by atoms with E-state index in [4.69, 9.17) is 5.73 Å². The van der Waals surface area contributed by atoms with Crippen LogP contribution in [0.5, 0.6) is 0 Å². The van der Waals surface area contributed by atoms with Gasteiger partial charge in [-0.05, 0) is 18.2 Å². The molecule has 0 bridgehead atoms. The highest BCUT2D eigenvalue weighted by Gasteiger charge is 2.18. The molecule has 1 aromatic heterocycles. The Kier molecular flexibility index (Phi) is 3.43. The van der Waals surface area contributed by atoms with Crippen LogP contribution in [0.2, 0.25) is 0 Å². The maximum Gasteiger partial charge on any atom is 0.303 e. The normalized spacial score (nSPS) is 11.9. The molecule has 0 fully saturated rings. The summed E-state index contributed by atoms with van der Waals surface area (Å²) in [7, 11) is -1.12. The highest BCUT2D eigenvalue weighted by Crippen LogP contribution is 2.24. The van der Waals surface area contributed by atoms with Gasteiger partial charge in [0.05, 0.1) is 10.2 Å². The molecule has 9 heteroatoms. The first-order valence-corrected chi connectivity index (χ1v) is 7.46. The lowest BCUT2D eigenvalue weighted by molar-refractivity contribution is 0.0980. The first kappa shape index (κ1) is 13.7. The van der Waals surface area contributed by atoms with Crippen molar-refractivity contribution in [2.75, 3.05) is 19.8 Å². The first-order chi connectivity index (χ1) is 8.79. The van der Waals surface area contributed by atoms with Crippen molar-refractivity contribution in [3.05, 3.63) is 23.8 Å². The minimum absolute atomic E-state index is 0.238. The van der Waals surface area contributed by atoms with E-state index in [2.05, 4.69) is 4.98 Å². The van der Waals surface area contributed by atoms with E-state index in [0.29, 0.717) is 10.6 Å². The molecule has 2 aromatic rings. The first-order valence-electron chi connectivity index (χ1n) is 5.20. The minimum atomic E-state index is -3.80. The predicted molar refractivity (Wildman–Crippen MR) is 74.1 cm³/mol. The van der Waals surface area contributed by atoms with E-state index in [9.17, 15) is 13.2 Å². The fourth-order valence-corrected chi connectivity index (χ4v) is 2.66. The second-order valence-electron chi connectivity index (χ2n) is 3.95. The molecule has 0 saturated carbocycles. The number of nitrogens with two attached hydrogens (primary N) is 1. The number of nitrogen functional groups attached to an aromatic ring is 1. The van der Waals surface area contributed by atoms with Crippen LogP contribution in [0, 0.1) is 0 Å². The number of carbonyl (C=O) groups excluding carboxylic acids is 1. The molecule has 0 radical (unpaired) electrons. The average molecular weight is 300 g/mol. The molecular weight excluding hydrogens is 288 g/mol.